The summed E-state index contributed by atoms with van der Waals surface area (Å²) in [7, 11) is 0. The normalized spacial score (nSPS) is 10.8. The van der Waals surface area contributed by atoms with Gasteiger partial charge in [-0.1, -0.05) is 41.4 Å². The molecule has 0 aliphatic rings. The van der Waals surface area contributed by atoms with Gasteiger partial charge < -0.3 is 10.6 Å². The molecule has 2 heterocycles. The van der Waals surface area contributed by atoms with Crippen LogP contribution in [-0.2, 0) is 0 Å². The number of benzene rings is 2. The van der Waals surface area contributed by atoms with E-state index in [9.17, 15) is 0 Å². The molecule has 0 radical (unpaired) electrons. The van der Waals surface area contributed by atoms with Crippen molar-refractivity contribution in [2.24, 2.45) is 0 Å². The number of para-hydroxylation sites is 1. The number of halogens is 2. The van der Waals surface area contributed by atoms with Crippen molar-refractivity contribution in [3.05, 3.63) is 76.5 Å². The molecular weight excluding hydrogens is 381 g/mol. The van der Waals surface area contributed by atoms with Gasteiger partial charge in [-0.05, 0) is 37.3 Å². The molecule has 0 atom stereocenters. The van der Waals surface area contributed by atoms with Crippen molar-refractivity contribution in [1.82, 2.24) is 15.0 Å². The lowest BCUT2D eigenvalue weighted by Crippen LogP contribution is -2.03. The molecule has 0 saturated heterocycles. The second-order valence-corrected chi connectivity index (χ2v) is 6.88. The van der Waals surface area contributed by atoms with E-state index < -0.39 is 0 Å². The molecule has 0 aliphatic heterocycles. The van der Waals surface area contributed by atoms with E-state index in [0.717, 1.165) is 28.0 Å². The predicted octanol–water partition coefficient (Wildman–Crippen LogP) is 6.13. The number of rotatable bonds is 4. The van der Waals surface area contributed by atoms with E-state index in [4.69, 9.17) is 23.2 Å². The van der Waals surface area contributed by atoms with Crippen molar-refractivity contribution in [2.75, 3.05) is 10.6 Å². The Bertz CT molecular complexity index is 1100. The van der Waals surface area contributed by atoms with Crippen LogP contribution >= 0.6 is 23.2 Å². The number of pyridine rings is 1. The minimum absolute atomic E-state index is 0.448. The Hall–Kier alpha value is -2.89. The average Bonchev–Trinajstić information content (AvgIpc) is 2.60. The molecule has 0 bridgehead atoms. The molecule has 0 spiro atoms. The molecule has 5 nitrogen and oxygen atoms in total. The molecule has 0 fully saturated rings. The summed E-state index contributed by atoms with van der Waals surface area (Å²) in [5, 5.41) is 8.61. The standard InChI is InChI=1S/C20H15Cl2N5/c1-12-8-18(26-17-6-2-4-13-5-3-7-23-19(13)17)27-20(24-12)25-16-10-14(21)9-15(22)11-16/h2-11H,1H3,(H2,24,25,26,27). The molecule has 0 amide bonds. The maximum Gasteiger partial charge on any atom is 0.229 e. The smallest absolute Gasteiger partial charge is 0.229 e. The van der Waals surface area contributed by atoms with Crippen LogP contribution in [0.15, 0.2) is 60.8 Å². The maximum atomic E-state index is 6.06. The molecule has 2 N–H and O–H groups in total. The highest BCUT2D eigenvalue weighted by molar-refractivity contribution is 6.35. The summed E-state index contributed by atoms with van der Waals surface area (Å²) in [4.78, 5) is 13.4. The van der Waals surface area contributed by atoms with Gasteiger partial charge in [0, 0.05) is 39.1 Å². The minimum Gasteiger partial charge on any atom is -0.338 e. The van der Waals surface area contributed by atoms with Crippen LogP contribution in [0.5, 0.6) is 0 Å². The lowest BCUT2D eigenvalue weighted by molar-refractivity contribution is 1.11. The second kappa shape index (κ2) is 7.39. The first-order valence-corrected chi connectivity index (χ1v) is 9.02. The van der Waals surface area contributed by atoms with Crippen LogP contribution in [0.2, 0.25) is 10.0 Å². The van der Waals surface area contributed by atoms with Crippen LogP contribution in [0.3, 0.4) is 0 Å². The molecule has 0 saturated carbocycles. The van der Waals surface area contributed by atoms with Crippen LogP contribution in [0.1, 0.15) is 5.69 Å². The summed E-state index contributed by atoms with van der Waals surface area (Å²) in [6.07, 6.45) is 1.77. The molecule has 4 aromatic rings. The van der Waals surface area contributed by atoms with Crippen molar-refractivity contribution < 1.29 is 0 Å². The van der Waals surface area contributed by atoms with Gasteiger partial charge in [0.15, 0.2) is 0 Å². The van der Waals surface area contributed by atoms with Crippen molar-refractivity contribution >= 4 is 57.2 Å². The van der Waals surface area contributed by atoms with Crippen LogP contribution in [-0.4, -0.2) is 15.0 Å². The molecule has 0 aliphatic carbocycles. The van der Waals surface area contributed by atoms with E-state index in [1.165, 1.54) is 0 Å². The lowest BCUT2D eigenvalue weighted by atomic mass is 10.2. The summed E-state index contributed by atoms with van der Waals surface area (Å²) < 4.78 is 0. The highest BCUT2D eigenvalue weighted by atomic mass is 35.5. The SMILES string of the molecule is Cc1cc(Nc2cccc3cccnc23)nc(Nc2cc(Cl)cc(Cl)c2)n1. The summed E-state index contributed by atoms with van der Waals surface area (Å²) in [6, 6.07) is 17.0. The lowest BCUT2D eigenvalue weighted by Gasteiger charge is -2.11. The van der Waals surface area contributed by atoms with Crippen molar-refractivity contribution in [3.8, 4) is 0 Å². The van der Waals surface area contributed by atoms with E-state index in [0.29, 0.717) is 21.8 Å². The fourth-order valence-corrected chi connectivity index (χ4v) is 3.31. The van der Waals surface area contributed by atoms with Gasteiger partial charge in [-0.2, -0.15) is 4.98 Å². The zero-order valence-electron chi connectivity index (χ0n) is 14.4. The maximum absolute atomic E-state index is 6.06. The van der Waals surface area contributed by atoms with Crippen molar-refractivity contribution in [1.29, 1.82) is 0 Å². The molecule has 27 heavy (non-hydrogen) atoms. The summed E-state index contributed by atoms with van der Waals surface area (Å²) in [5.74, 6) is 1.11. The van der Waals surface area contributed by atoms with Crippen LogP contribution in [0.4, 0.5) is 23.1 Å². The molecule has 2 aromatic carbocycles. The Balaban J connectivity index is 1.66. The average molecular weight is 396 g/mol. The first-order chi connectivity index (χ1) is 13.1. The molecule has 134 valence electrons. The number of hydrogen-bond acceptors (Lipinski definition) is 5. The van der Waals surface area contributed by atoms with Crippen molar-refractivity contribution in [3.63, 3.8) is 0 Å². The summed E-state index contributed by atoms with van der Waals surface area (Å²) >= 11 is 12.1. The molecule has 7 heteroatoms. The first-order valence-electron chi connectivity index (χ1n) is 8.26. The van der Waals surface area contributed by atoms with Gasteiger partial charge in [0.2, 0.25) is 5.95 Å². The topological polar surface area (TPSA) is 62.7 Å². The Morgan fingerprint density at radius 2 is 1.63 bits per heavy atom. The number of aromatic nitrogens is 3. The van der Waals surface area contributed by atoms with Crippen LogP contribution < -0.4 is 10.6 Å². The zero-order valence-corrected chi connectivity index (χ0v) is 15.9. The quantitative estimate of drug-likeness (QED) is 0.435. The van der Waals surface area contributed by atoms with Gasteiger partial charge in [-0.15, -0.1) is 0 Å². The van der Waals surface area contributed by atoms with Gasteiger partial charge in [0.05, 0.1) is 11.2 Å². The molecule has 0 unspecified atom stereocenters. The van der Waals surface area contributed by atoms with Crippen LogP contribution in [0.25, 0.3) is 10.9 Å². The second-order valence-electron chi connectivity index (χ2n) is 6.01. The number of aryl methyl sites for hydroxylation is 1. The van der Waals surface area contributed by atoms with Crippen LogP contribution in [0, 0.1) is 6.92 Å². The van der Waals surface area contributed by atoms with Crippen molar-refractivity contribution in [2.45, 2.75) is 6.92 Å². The fraction of sp³-hybridized carbons (Fsp3) is 0.0500. The van der Waals surface area contributed by atoms with E-state index in [2.05, 4.69) is 25.6 Å². The van der Waals surface area contributed by atoms with Gasteiger partial charge >= 0.3 is 0 Å². The minimum atomic E-state index is 0.448. The highest BCUT2D eigenvalue weighted by Gasteiger charge is 2.07. The summed E-state index contributed by atoms with van der Waals surface area (Å²) in [5.41, 5.74) is 3.29. The fourth-order valence-electron chi connectivity index (χ4n) is 2.79. The number of nitrogens with one attached hydrogen (secondary N) is 2. The largest absolute Gasteiger partial charge is 0.338 e. The molecule has 2 aromatic heterocycles. The number of anilines is 4. The van der Waals surface area contributed by atoms with E-state index in [-0.39, 0.29) is 0 Å². The van der Waals surface area contributed by atoms with E-state index in [1.54, 1.807) is 24.4 Å². The first kappa shape index (κ1) is 17.5. The number of hydrogen-bond donors (Lipinski definition) is 2. The number of nitrogens with zero attached hydrogens (tertiary/aromatic N) is 3. The summed E-state index contributed by atoms with van der Waals surface area (Å²) in [6.45, 7) is 1.91. The Morgan fingerprint density at radius 3 is 2.44 bits per heavy atom. The van der Waals surface area contributed by atoms with E-state index >= 15 is 0 Å². The molecular formula is C20H15Cl2N5. The number of fused-ring (bicyclic) bond motifs is 1. The van der Waals surface area contributed by atoms with Gasteiger partial charge in [-0.25, -0.2) is 4.98 Å². The predicted molar refractivity (Wildman–Crippen MR) is 112 cm³/mol. The zero-order chi connectivity index (χ0) is 18.8. The van der Waals surface area contributed by atoms with E-state index in [1.807, 2.05) is 43.3 Å². The van der Waals surface area contributed by atoms with Gasteiger partial charge in [0.25, 0.3) is 0 Å². The van der Waals surface area contributed by atoms with Gasteiger partial charge in [-0.3, -0.25) is 4.98 Å². The van der Waals surface area contributed by atoms with Gasteiger partial charge in [0.1, 0.15) is 5.82 Å². The highest BCUT2D eigenvalue weighted by Crippen LogP contribution is 2.27. The Kier molecular flexibility index (Phi) is 4.79. The molecule has 4 rings (SSSR count). The third kappa shape index (κ3) is 4.10. The third-order valence-electron chi connectivity index (χ3n) is 3.87. The Labute approximate surface area is 166 Å². The monoisotopic (exact) mass is 395 g/mol. The third-order valence-corrected chi connectivity index (χ3v) is 4.30. The Morgan fingerprint density at radius 1 is 0.852 bits per heavy atom.